The first-order valence-electron chi connectivity index (χ1n) is 9.35. The van der Waals surface area contributed by atoms with Crippen molar-refractivity contribution in [1.29, 1.82) is 0 Å². The second kappa shape index (κ2) is 7.16. The van der Waals surface area contributed by atoms with Gasteiger partial charge in [0.15, 0.2) is 0 Å². The molecule has 4 rings (SSSR count). The van der Waals surface area contributed by atoms with E-state index in [-0.39, 0.29) is 11.4 Å². The largest absolute Gasteiger partial charge is 0.444 e. The Hall–Kier alpha value is -2.66. The molecule has 0 fully saturated rings. The summed E-state index contributed by atoms with van der Waals surface area (Å²) in [5.74, 6) is 0.660. The number of quaternary nitrogens is 1. The fourth-order valence-electron chi connectivity index (χ4n) is 3.86. The minimum absolute atomic E-state index is 0.153. The van der Waals surface area contributed by atoms with Crippen molar-refractivity contribution in [2.75, 3.05) is 13.3 Å². The van der Waals surface area contributed by atoms with E-state index >= 15 is 0 Å². The van der Waals surface area contributed by atoms with E-state index in [1.165, 1.54) is 11.0 Å². The number of hydrogen-bond donors (Lipinski definition) is 1. The molecule has 0 amide bonds. The van der Waals surface area contributed by atoms with E-state index in [4.69, 9.17) is 9.15 Å². The van der Waals surface area contributed by atoms with Crippen LogP contribution in [0.15, 0.2) is 45.6 Å². The van der Waals surface area contributed by atoms with Crippen molar-refractivity contribution in [2.24, 2.45) is 0 Å². The number of rotatable bonds is 4. The first-order valence-corrected chi connectivity index (χ1v) is 9.35. The molecular weight excluding hydrogens is 345 g/mol. The van der Waals surface area contributed by atoms with Gasteiger partial charge in [0.2, 0.25) is 6.73 Å². The normalized spacial score (nSPS) is 16.2. The van der Waals surface area contributed by atoms with Crippen LogP contribution >= 0.6 is 0 Å². The molecule has 0 saturated heterocycles. The van der Waals surface area contributed by atoms with Crippen molar-refractivity contribution in [3.05, 3.63) is 74.9 Å². The maximum Gasteiger partial charge on any atom is 0.336 e. The van der Waals surface area contributed by atoms with E-state index in [0.717, 1.165) is 52.9 Å². The van der Waals surface area contributed by atoms with Gasteiger partial charge in [-0.3, -0.25) is 4.90 Å². The summed E-state index contributed by atoms with van der Waals surface area (Å²) < 4.78 is 25.3. The van der Waals surface area contributed by atoms with Crippen LogP contribution in [0, 0.1) is 12.7 Å². The summed E-state index contributed by atoms with van der Waals surface area (Å²) in [6.07, 6.45) is 1.44. The van der Waals surface area contributed by atoms with Gasteiger partial charge in [-0.05, 0) is 36.6 Å². The molecule has 1 aliphatic rings. The highest BCUT2D eigenvalue weighted by Crippen LogP contribution is 2.33. The summed E-state index contributed by atoms with van der Waals surface area (Å²) in [5, 5.41) is 0.979. The van der Waals surface area contributed by atoms with E-state index in [0.29, 0.717) is 18.7 Å². The third-order valence-electron chi connectivity index (χ3n) is 5.32. The highest BCUT2D eigenvalue weighted by Gasteiger charge is 2.25. The van der Waals surface area contributed by atoms with Crippen molar-refractivity contribution in [3.8, 4) is 5.75 Å². The first-order chi connectivity index (χ1) is 13.1. The van der Waals surface area contributed by atoms with Crippen molar-refractivity contribution in [1.82, 2.24) is 0 Å². The van der Waals surface area contributed by atoms with E-state index in [1.54, 1.807) is 12.1 Å². The average molecular weight is 368 g/mol. The lowest BCUT2D eigenvalue weighted by atomic mass is 9.99. The number of hydrogen-bond acceptors (Lipinski definition) is 3. The molecule has 1 aliphatic heterocycles. The average Bonchev–Trinajstić information content (AvgIpc) is 2.67. The van der Waals surface area contributed by atoms with Crippen LogP contribution in [0.25, 0.3) is 11.0 Å². The quantitative estimate of drug-likeness (QED) is 0.720. The van der Waals surface area contributed by atoms with Crippen LogP contribution in [-0.2, 0) is 19.4 Å². The maximum atomic E-state index is 13.8. The van der Waals surface area contributed by atoms with Crippen LogP contribution in [0.1, 0.15) is 29.2 Å². The standard InChI is InChI=1S/C22H22FNO3/c1-3-15-11-20(25)27-22-14(2)21-17(10-18(15)22)12-24(13-26-21)9-8-16-6-4-5-7-19(16)23/h4-7,10-11H,3,8-9,12-13H2,1-2H3/p+1. The molecule has 4 nitrogen and oxygen atoms in total. The smallest absolute Gasteiger partial charge is 0.336 e. The molecule has 0 spiro atoms. The van der Waals surface area contributed by atoms with Gasteiger partial charge in [0.25, 0.3) is 0 Å². The molecule has 5 heteroatoms. The fourth-order valence-corrected chi connectivity index (χ4v) is 3.86. The summed E-state index contributed by atoms with van der Waals surface area (Å²) in [5.41, 5.74) is 4.01. The van der Waals surface area contributed by atoms with E-state index < -0.39 is 0 Å². The number of aryl methyl sites for hydroxylation is 2. The molecule has 0 bridgehead atoms. The zero-order valence-corrected chi connectivity index (χ0v) is 15.6. The van der Waals surface area contributed by atoms with Gasteiger partial charge in [-0.15, -0.1) is 0 Å². The van der Waals surface area contributed by atoms with Gasteiger partial charge in [-0.2, -0.15) is 0 Å². The SMILES string of the molecule is CCc1cc(=O)oc2c(C)c3c(cc12)C[NH+](CCc1ccccc1F)CO3. The highest BCUT2D eigenvalue weighted by atomic mass is 19.1. The Kier molecular flexibility index (Phi) is 4.70. The van der Waals surface area contributed by atoms with Crippen LogP contribution in [-0.4, -0.2) is 13.3 Å². The zero-order chi connectivity index (χ0) is 19.0. The third kappa shape index (κ3) is 3.35. The number of halogens is 1. The Bertz CT molecular complexity index is 1060. The molecule has 140 valence electrons. The van der Waals surface area contributed by atoms with Gasteiger partial charge in [-0.25, -0.2) is 9.18 Å². The molecule has 1 unspecified atom stereocenters. The number of nitrogens with one attached hydrogen (secondary N) is 1. The maximum absolute atomic E-state index is 13.8. The van der Waals surface area contributed by atoms with Gasteiger partial charge in [-0.1, -0.05) is 25.1 Å². The molecule has 1 aromatic heterocycles. The summed E-state index contributed by atoms with van der Waals surface area (Å²) >= 11 is 0. The lowest BCUT2D eigenvalue weighted by molar-refractivity contribution is -0.932. The Morgan fingerprint density at radius 2 is 2.00 bits per heavy atom. The Labute approximate surface area is 157 Å². The predicted molar refractivity (Wildman–Crippen MR) is 102 cm³/mol. The van der Waals surface area contributed by atoms with Gasteiger partial charge >= 0.3 is 5.63 Å². The third-order valence-corrected chi connectivity index (χ3v) is 5.32. The number of benzene rings is 2. The summed E-state index contributed by atoms with van der Waals surface area (Å²) in [6, 6.07) is 10.6. The Morgan fingerprint density at radius 3 is 2.78 bits per heavy atom. The summed E-state index contributed by atoms with van der Waals surface area (Å²) in [4.78, 5) is 13.1. The van der Waals surface area contributed by atoms with Crippen molar-refractivity contribution >= 4 is 11.0 Å². The van der Waals surface area contributed by atoms with Crippen LogP contribution in [0.5, 0.6) is 5.75 Å². The molecule has 2 heterocycles. The summed E-state index contributed by atoms with van der Waals surface area (Å²) in [6.45, 7) is 6.09. The molecule has 0 radical (unpaired) electrons. The lowest BCUT2D eigenvalue weighted by Gasteiger charge is -2.27. The van der Waals surface area contributed by atoms with Crippen LogP contribution < -0.4 is 15.3 Å². The zero-order valence-electron chi connectivity index (χ0n) is 15.6. The van der Waals surface area contributed by atoms with E-state index in [1.807, 2.05) is 26.0 Å². The molecule has 3 aromatic rings. The second-order valence-electron chi connectivity index (χ2n) is 7.12. The number of ether oxygens (including phenoxy) is 1. The molecular formula is C22H23FNO3+. The Morgan fingerprint density at radius 1 is 1.19 bits per heavy atom. The Balaban J connectivity index is 1.62. The molecule has 27 heavy (non-hydrogen) atoms. The minimum Gasteiger partial charge on any atom is -0.444 e. The van der Waals surface area contributed by atoms with Crippen LogP contribution in [0.2, 0.25) is 0 Å². The first kappa shape index (κ1) is 17.7. The molecule has 2 aromatic carbocycles. The molecule has 1 N–H and O–H groups in total. The predicted octanol–water partition coefficient (Wildman–Crippen LogP) is 2.78. The van der Waals surface area contributed by atoms with Gasteiger partial charge < -0.3 is 9.15 Å². The van der Waals surface area contributed by atoms with Crippen LogP contribution in [0.3, 0.4) is 0 Å². The van der Waals surface area contributed by atoms with Crippen molar-refractivity contribution < 1.29 is 18.4 Å². The van der Waals surface area contributed by atoms with Gasteiger partial charge in [0.1, 0.15) is 23.7 Å². The molecule has 0 saturated carbocycles. The summed E-state index contributed by atoms with van der Waals surface area (Å²) in [7, 11) is 0. The van der Waals surface area contributed by atoms with Crippen LogP contribution in [0.4, 0.5) is 4.39 Å². The van der Waals surface area contributed by atoms with Gasteiger partial charge in [0.05, 0.1) is 6.54 Å². The minimum atomic E-state index is -0.324. The highest BCUT2D eigenvalue weighted by molar-refractivity contribution is 5.86. The van der Waals surface area contributed by atoms with Gasteiger partial charge in [0, 0.05) is 29.0 Å². The van der Waals surface area contributed by atoms with Crippen molar-refractivity contribution in [2.45, 2.75) is 33.2 Å². The molecule has 1 atom stereocenters. The topological polar surface area (TPSA) is 43.9 Å². The monoisotopic (exact) mass is 368 g/mol. The number of fused-ring (bicyclic) bond motifs is 2. The molecule has 0 aliphatic carbocycles. The van der Waals surface area contributed by atoms with Crippen molar-refractivity contribution in [3.63, 3.8) is 0 Å². The second-order valence-corrected chi connectivity index (χ2v) is 7.12. The fraction of sp³-hybridized carbons (Fsp3) is 0.318. The lowest BCUT2D eigenvalue weighted by Crippen LogP contribution is -3.12. The van der Waals surface area contributed by atoms with E-state index in [2.05, 4.69) is 6.07 Å². The van der Waals surface area contributed by atoms with E-state index in [9.17, 15) is 9.18 Å².